The lowest BCUT2D eigenvalue weighted by Crippen LogP contribution is -2.23. The lowest BCUT2D eigenvalue weighted by molar-refractivity contribution is 0.482. The summed E-state index contributed by atoms with van der Waals surface area (Å²) in [6, 6.07) is 15.3. The van der Waals surface area contributed by atoms with Crippen molar-refractivity contribution in [3.63, 3.8) is 0 Å². The van der Waals surface area contributed by atoms with E-state index in [9.17, 15) is 0 Å². The minimum atomic E-state index is 0.585. The summed E-state index contributed by atoms with van der Waals surface area (Å²) in [7, 11) is 1.78. The molecule has 0 unspecified atom stereocenters. The number of halogens is 1. The van der Waals surface area contributed by atoms with E-state index in [2.05, 4.69) is 26.6 Å². The van der Waals surface area contributed by atoms with Gasteiger partial charge in [0.1, 0.15) is 11.5 Å². The van der Waals surface area contributed by atoms with Gasteiger partial charge in [0.15, 0.2) is 5.11 Å². The number of anilines is 1. The summed E-state index contributed by atoms with van der Waals surface area (Å²) in [6.45, 7) is 0. The molecule has 0 aliphatic rings. The fourth-order valence-electron chi connectivity index (χ4n) is 1.44. The van der Waals surface area contributed by atoms with Crippen molar-refractivity contribution in [2.45, 2.75) is 0 Å². The average molecular weight is 337 g/mol. The van der Waals surface area contributed by atoms with Crippen LogP contribution in [0.3, 0.4) is 0 Å². The second-order valence-corrected chi connectivity index (χ2v) is 5.11. The first-order chi connectivity index (χ1) is 9.17. The molecule has 2 N–H and O–H groups in total. The highest BCUT2D eigenvalue weighted by Gasteiger charge is 1.99. The van der Waals surface area contributed by atoms with Gasteiger partial charge in [0.25, 0.3) is 0 Å². The Bertz CT molecular complexity index is 555. The first-order valence-corrected chi connectivity index (χ1v) is 6.90. The van der Waals surface area contributed by atoms with Gasteiger partial charge in [-0.15, -0.1) is 0 Å². The van der Waals surface area contributed by atoms with Crippen LogP contribution >= 0.6 is 28.1 Å². The number of hydrogen-bond acceptors (Lipinski definition) is 2. The Morgan fingerprint density at radius 1 is 1.00 bits per heavy atom. The van der Waals surface area contributed by atoms with E-state index < -0.39 is 0 Å². The van der Waals surface area contributed by atoms with E-state index in [1.54, 1.807) is 7.05 Å². The zero-order valence-corrected chi connectivity index (χ0v) is 12.7. The van der Waals surface area contributed by atoms with E-state index in [0.29, 0.717) is 5.11 Å². The largest absolute Gasteiger partial charge is 0.457 e. The topological polar surface area (TPSA) is 33.3 Å². The maximum atomic E-state index is 5.72. The van der Waals surface area contributed by atoms with E-state index in [-0.39, 0.29) is 0 Å². The van der Waals surface area contributed by atoms with E-state index >= 15 is 0 Å². The first kappa shape index (κ1) is 13.8. The summed E-state index contributed by atoms with van der Waals surface area (Å²) in [6.07, 6.45) is 0. The molecule has 0 saturated heterocycles. The molecule has 98 valence electrons. The van der Waals surface area contributed by atoms with Crippen LogP contribution in [-0.2, 0) is 0 Å². The van der Waals surface area contributed by atoms with Crippen LogP contribution in [0.15, 0.2) is 53.0 Å². The van der Waals surface area contributed by atoms with Gasteiger partial charge in [0, 0.05) is 17.2 Å². The maximum absolute atomic E-state index is 5.72. The molecule has 0 aliphatic heterocycles. The maximum Gasteiger partial charge on any atom is 0.170 e. The van der Waals surface area contributed by atoms with Gasteiger partial charge >= 0.3 is 0 Å². The third-order valence-electron chi connectivity index (χ3n) is 2.39. The van der Waals surface area contributed by atoms with Crippen molar-refractivity contribution in [1.82, 2.24) is 5.32 Å². The van der Waals surface area contributed by atoms with Gasteiger partial charge in [-0.05, 0) is 60.7 Å². The van der Waals surface area contributed by atoms with Crippen LogP contribution in [0, 0.1) is 0 Å². The molecule has 0 aliphatic carbocycles. The molecule has 0 saturated carbocycles. The van der Waals surface area contributed by atoms with E-state index in [1.807, 2.05) is 48.5 Å². The smallest absolute Gasteiger partial charge is 0.170 e. The molecule has 3 nitrogen and oxygen atoms in total. The van der Waals surface area contributed by atoms with E-state index in [4.69, 9.17) is 17.0 Å². The molecule has 0 aromatic heterocycles. The summed E-state index contributed by atoms with van der Waals surface area (Å²) >= 11 is 8.42. The molecule has 0 fully saturated rings. The molecule has 2 rings (SSSR count). The number of rotatable bonds is 3. The second-order valence-electron chi connectivity index (χ2n) is 3.78. The molecule has 0 bridgehead atoms. The van der Waals surface area contributed by atoms with Crippen molar-refractivity contribution in [2.75, 3.05) is 12.4 Å². The monoisotopic (exact) mass is 336 g/mol. The number of ether oxygens (including phenoxy) is 1. The molecule has 0 amide bonds. The van der Waals surface area contributed by atoms with Gasteiger partial charge in [-0.25, -0.2) is 0 Å². The Balaban J connectivity index is 2.02. The molecule has 2 aromatic rings. The van der Waals surface area contributed by atoms with E-state index in [1.165, 1.54) is 0 Å². The highest BCUT2D eigenvalue weighted by molar-refractivity contribution is 9.10. The summed E-state index contributed by atoms with van der Waals surface area (Å²) in [4.78, 5) is 0. The van der Waals surface area contributed by atoms with E-state index in [0.717, 1.165) is 21.7 Å². The summed E-state index contributed by atoms with van der Waals surface area (Å²) < 4.78 is 6.75. The lowest BCUT2D eigenvalue weighted by Gasteiger charge is -2.09. The van der Waals surface area contributed by atoms with Gasteiger partial charge in [-0.2, -0.15) is 0 Å². The van der Waals surface area contributed by atoms with Crippen LogP contribution < -0.4 is 15.4 Å². The van der Waals surface area contributed by atoms with Gasteiger partial charge in [0.05, 0.1) is 0 Å². The van der Waals surface area contributed by atoms with Gasteiger partial charge in [0.2, 0.25) is 0 Å². The Morgan fingerprint density at radius 2 is 1.53 bits per heavy atom. The lowest BCUT2D eigenvalue weighted by atomic mass is 10.3. The highest BCUT2D eigenvalue weighted by atomic mass is 79.9. The minimum absolute atomic E-state index is 0.585. The Kier molecular flexibility index (Phi) is 4.76. The quantitative estimate of drug-likeness (QED) is 0.824. The fraction of sp³-hybridized carbons (Fsp3) is 0.0714. The molecule has 0 radical (unpaired) electrons. The third kappa shape index (κ3) is 4.22. The molecule has 0 heterocycles. The van der Waals surface area contributed by atoms with Crippen molar-refractivity contribution < 1.29 is 4.74 Å². The van der Waals surface area contributed by atoms with Crippen LogP contribution in [0.1, 0.15) is 0 Å². The van der Waals surface area contributed by atoms with Gasteiger partial charge in [-0.1, -0.05) is 15.9 Å². The summed E-state index contributed by atoms with van der Waals surface area (Å²) in [5.41, 5.74) is 0.919. The molecule has 5 heteroatoms. The fourth-order valence-corrected chi connectivity index (χ4v) is 1.82. The molecular formula is C14H13BrN2OS. The normalized spacial score (nSPS) is 9.79. The highest BCUT2D eigenvalue weighted by Crippen LogP contribution is 2.24. The first-order valence-electron chi connectivity index (χ1n) is 5.69. The Morgan fingerprint density at radius 3 is 2.05 bits per heavy atom. The molecule has 2 aromatic carbocycles. The van der Waals surface area contributed by atoms with Crippen molar-refractivity contribution in [3.05, 3.63) is 53.0 Å². The summed E-state index contributed by atoms with van der Waals surface area (Å²) in [5.74, 6) is 1.58. The van der Waals surface area contributed by atoms with Crippen molar-refractivity contribution in [1.29, 1.82) is 0 Å². The predicted molar refractivity (Wildman–Crippen MR) is 85.9 cm³/mol. The average Bonchev–Trinajstić information content (AvgIpc) is 2.43. The number of benzene rings is 2. The van der Waals surface area contributed by atoms with Crippen LogP contribution in [-0.4, -0.2) is 12.2 Å². The Hall–Kier alpha value is -1.59. The second kappa shape index (κ2) is 6.54. The van der Waals surface area contributed by atoms with Crippen molar-refractivity contribution in [2.24, 2.45) is 0 Å². The number of hydrogen-bond donors (Lipinski definition) is 2. The number of thiocarbonyl (C=S) groups is 1. The molecular weight excluding hydrogens is 324 g/mol. The predicted octanol–water partition coefficient (Wildman–Crippen LogP) is 4.16. The number of nitrogens with one attached hydrogen (secondary N) is 2. The van der Waals surface area contributed by atoms with Gasteiger partial charge in [-0.3, -0.25) is 0 Å². The van der Waals surface area contributed by atoms with Gasteiger partial charge < -0.3 is 15.4 Å². The van der Waals surface area contributed by atoms with Crippen molar-refractivity contribution >= 4 is 38.9 Å². The van der Waals surface area contributed by atoms with Crippen LogP contribution in [0.25, 0.3) is 0 Å². The zero-order chi connectivity index (χ0) is 13.7. The van der Waals surface area contributed by atoms with Crippen LogP contribution in [0.5, 0.6) is 11.5 Å². The van der Waals surface area contributed by atoms with Crippen molar-refractivity contribution in [3.8, 4) is 11.5 Å². The minimum Gasteiger partial charge on any atom is -0.457 e. The summed E-state index contributed by atoms with van der Waals surface area (Å²) in [5, 5.41) is 6.49. The Labute approximate surface area is 126 Å². The standard InChI is InChI=1S/C14H13BrN2OS/c1-16-14(19)17-11-4-8-13(9-5-11)18-12-6-2-10(15)3-7-12/h2-9H,1H3,(H2,16,17,19). The zero-order valence-electron chi connectivity index (χ0n) is 10.3. The van der Waals surface area contributed by atoms with Crippen LogP contribution in [0.4, 0.5) is 5.69 Å². The third-order valence-corrected chi connectivity index (χ3v) is 3.22. The molecule has 0 spiro atoms. The SMILES string of the molecule is CNC(=S)Nc1ccc(Oc2ccc(Br)cc2)cc1. The van der Waals surface area contributed by atoms with Crippen LogP contribution in [0.2, 0.25) is 0 Å². The molecule has 19 heavy (non-hydrogen) atoms. The molecule has 0 atom stereocenters.